The molecule has 0 radical (unpaired) electrons. The molecule has 0 bridgehead atoms. The number of carboxylic acids is 1. The van der Waals surface area contributed by atoms with Gasteiger partial charge in [0.05, 0.1) is 31.3 Å². The highest BCUT2D eigenvalue weighted by atomic mass is 32.2. The zero-order valence-electron chi connectivity index (χ0n) is 26.7. The first kappa shape index (κ1) is 33.9. The zero-order valence-corrected chi connectivity index (χ0v) is 27.5. The number of nitrogens with zero attached hydrogens (tertiary/aromatic N) is 2. The monoisotopic (exact) mass is 668 g/mol. The summed E-state index contributed by atoms with van der Waals surface area (Å²) in [6.07, 6.45) is 1.64. The Morgan fingerprint density at radius 3 is 2.57 bits per heavy atom. The summed E-state index contributed by atoms with van der Waals surface area (Å²) in [6, 6.07) is 16.0. The summed E-state index contributed by atoms with van der Waals surface area (Å²) < 4.78 is 57.3. The van der Waals surface area contributed by atoms with Gasteiger partial charge in [-0.15, -0.1) is 0 Å². The molecule has 1 saturated heterocycles. The highest BCUT2D eigenvalue weighted by Gasteiger charge is 2.40. The first-order chi connectivity index (χ1) is 22.6. The minimum Gasteiger partial charge on any atom is -0.493 e. The Morgan fingerprint density at radius 1 is 1.00 bits per heavy atom. The van der Waals surface area contributed by atoms with Crippen molar-refractivity contribution in [2.75, 3.05) is 52.5 Å². The van der Waals surface area contributed by atoms with Crippen LogP contribution in [0.4, 0.5) is 5.69 Å². The highest BCUT2D eigenvalue weighted by molar-refractivity contribution is 7.89. The van der Waals surface area contributed by atoms with Crippen molar-refractivity contribution in [2.24, 2.45) is 0 Å². The first-order valence-electron chi connectivity index (χ1n) is 15.5. The summed E-state index contributed by atoms with van der Waals surface area (Å²) >= 11 is 0. The second kappa shape index (κ2) is 14.9. The van der Waals surface area contributed by atoms with Crippen molar-refractivity contribution < 1.29 is 46.8 Å². The van der Waals surface area contributed by atoms with Crippen molar-refractivity contribution in [3.8, 4) is 23.0 Å². The summed E-state index contributed by atoms with van der Waals surface area (Å²) in [7, 11) is 0.927. The minimum absolute atomic E-state index is 0.0848. The fourth-order valence-corrected chi connectivity index (χ4v) is 7.52. The molecule has 47 heavy (non-hydrogen) atoms. The molecule has 0 aromatic heterocycles. The molecule has 2 heterocycles. The molecule has 3 aromatic carbocycles. The molecule has 1 N–H and O–H groups in total. The molecule has 12 nitrogen and oxygen atoms in total. The molecule has 3 aromatic rings. The summed E-state index contributed by atoms with van der Waals surface area (Å²) in [4.78, 5) is 27.1. The molecule has 5 rings (SSSR count). The van der Waals surface area contributed by atoms with Gasteiger partial charge in [-0.25, -0.2) is 13.2 Å². The lowest BCUT2D eigenvalue weighted by molar-refractivity contribution is -0.155. The molecule has 0 unspecified atom stereocenters. The van der Waals surface area contributed by atoms with E-state index in [1.165, 1.54) is 10.4 Å². The molecule has 2 atom stereocenters. The first-order valence-corrected chi connectivity index (χ1v) is 16.9. The van der Waals surface area contributed by atoms with E-state index >= 15 is 0 Å². The number of anilines is 1. The van der Waals surface area contributed by atoms with Crippen LogP contribution in [0.1, 0.15) is 42.9 Å². The predicted molar refractivity (Wildman–Crippen MR) is 173 cm³/mol. The molecule has 0 amide bonds. The van der Waals surface area contributed by atoms with E-state index < -0.39 is 40.7 Å². The molecule has 2 aliphatic rings. The number of carbonyl (C=O) groups excluding carboxylic acids is 1. The fraction of sp³-hybridized carbons (Fsp3) is 0.412. The highest BCUT2D eigenvalue weighted by Crippen LogP contribution is 2.36. The van der Waals surface area contributed by atoms with Crippen LogP contribution in [-0.2, 0) is 30.8 Å². The molecule has 0 saturated carbocycles. The van der Waals surface area contributed by atoms with Gasteiger partial charge in [0.15, 0.2) is 18.1 Å². The van der Waals surface area contributed by atoms with E-state index in [1.54, 1.807) is 56.7 Å². The van der Waals surface area contributed by atoms with Crippen LogP contribution < -0.4 is 23.8 Å². The number of rotatable bonds is 13. The molecular weight excluding hydrogens is 628 g/mol. The van der Waals surface area contributed by atoms with Crippen molar-refractivity contribution in [3.05, 3.63) is 71.8 Å². The van der Waals surface area contributed by atoms with Gasteiger partial charge in [-0.1, -0.05) is 18.2 Å². The lowest BCUT2D eigenvalue weighted by Crippen LogP contribution is -2.48. The number of methoxy groups -OCH3 is 2. The smallest absolute Gasteiger partial charge is 0.341 e. The number of hydrogen-bond donors (Lipinski definition) is 1. The number of hydrogen-bond acceptors (Lipinski definition) is 10. The van der Waals surface area contributed by atoms with E-state index in [0.717, 1.165) is 5.56 Å². The van der Waals surface area contributed by atoms with Gasteiger partial charge in [-0.2, -0.15) is 4.31 Å². The van der Waals surface area contributed by atoms with Crippen LogP contribution in [-0.4, -0.2) is 83.4 Å². The molecule has 252 valence electrons. The number of likely N-dealkylation sites (N-methyl/N-ethyl adjacent to an activating group) is 1. The summed E-state index contributed by atoms with van der Waals surface area (Å²) in [5.41, 5.74) is 2.17. The third kappa shape index (κ3) is 7.91. The third-order valence-corrected chi connectivity index (χ3v) is 10.3. The molecule has 13 heteroatoms. The summed E-state index contributed by atoms with van der Waals surface area (Å²) in [5, 5.41) is 9.08. The van der Waals surface area contributed by atoms with Crippen molar-refractivity contribution >= 4 is 27.6 Å². The normalized spacial score (nSPS) is 17.2. The Bertz CT molecular complexity index is 1700. The Balaban J connectivity index is 1.41. The van der Waals surface area contributed by atoms with E-state index in [2.05, 4.69) is 0 Å². The van der Waals surface area contributed by atoms with Crippen LogP contribution >= 0.6 is 0 Å². The summed E-state index contributed by atoms with van der Waals surface area (Å²) in [6.45, 7) is 0.791. The number of carbonyl (C=O) groups is 2. The number of fused-ring (bicyclic) bond motifs is 1. The van der Waals surface area contributed by atoms with Crippen LogP contribution in [0.15, 0.2) is 65.6 Å². The molecular formula is C34H40N2O10S. The molecule has 0 spiro atoms. The van der Waals surface area contributed by atoms with Crippen molar-refractivity contribution in [3.63, 3.8) is 0 Å². The molecule has 1 fully saturated rings. The van der Waals surface area contributed by atoms with Gasteiger partial charge in [-0.3, -0.25) is 4.79 Å². The van der Waals surface area contributed by atoms with E-state index in [9.17, 15) is 18.0 Å². The SMILES string of the molecule is COc1ccc(CC[C@@H](OC(=O)[C@@H]2CCCCN2S(=O)(=O)c2ccc3c(c2)N(C)CCO3)c2cccc(OCC(=O)O)c2)cc1OC. The van der Waals surface area contributed by atoms with Crippen LogP contribution in [0, 0.1) is 0 Å². The lowest BCUT2D eigenvalue weighted by Gasteiger charge is -2.34. The van der Waals surface area contributed by atoms with Gasteiger partial charge in [-0.05, 0) is 85.7 Å². The van der Waals surface area contributed by atoms with Gasteiger partial charge < -0.3 is 33.7 Å². The van der Waals surface area contributed by atoms with Crippen LogP contribution in [0.2, 0.25) is 0 Å². The Hall–Kier alpha value is -4.49. The number of aryl methyl sites for hydroxylation is 1. The Kier molecular flexibility index (Phi) is 10.8. The van der Waals surface area contributed by atoms with Gasteiger partial charge in [0.1, 0.15) is 30.3 Å². The van der Waals surface area contributed by atoms with Gasteiger partial charge >= 0.3 is 11.9 Å². The molecule has 0 aliphatic carbocycles. The third-order valence-electron chi connectivity index (χ3n) is 8.35. The van der Waals surface area contributed by atoms with Crippen LogP contribution in [0.5, 0.6) is 23.0 Å². The average Bonchev–Trinajstić information content (AvgIpc) is 3.09. The minimum atomic E-state index is -4.06. The van der Waals surface area contributed by atoms with Crippen molar-refractivity contribution in [2.45, 2.75) is 49.1 Å². The number of piperidine rings is 1. The number of sulfonamides is 1. The lowest BCUT2D eigenvalue weighted by atomic mass is 10.00. The van der Waals surface area contributed by atoms with Crippen molar-refractivity contribution in [1.29, 1.82) is 0 Å². The van der Waals surface area contributed by atoms with Crippen molar-refractivity contribution in [1.82, 2.24) is 4.31 Å². The topological polar surface area (TPSA) is 141 Å². The van der Waals surface area contributed by atoms with Crippen LogP contribution in [0.25, 0.3) is 0 Å². The number of esters is 1. The standard InChI is InChI=1S/C34H40N2O10S/c1-35-17-18-44-30-15-12-26(21-28(30)35)47(40,41)36-16-5-4-9-27(36)34(39)46-29(24-7-6-8-25(20-24)45-22-33(37)38)13-10-23-11-14-31(42-2)32(19-23)43-3/h6-8,11-12,14-15,19-21,27,29H,4-5,9-10,13,16-18,22H2,1-3H3,(H,37,38)/t27-,29+/m0/s1. The van der Waals surface area contributed by atoms with Gasteiger partial charge in [0.2, 0.25) is 10.0 Å². The number of carboxylic acid groups (broad SMARTS) is 1. The average molecular weight is 669 g/mol. The largest absolute Gasteiger partial charge is 0.493 e. The number of benzene rings is 3. The number of aliphatic carboxylic acids is 1. The van der Waals surface area contributed by atoms with E-state index in [1.807, 2.05) is 24.1 Å². The Morgan fingerprint density at radius 2 is 1.81 bits per heavy atom. The number of ether oxygens (including phenoxy) is 5. The maximum Gasteiger partial charge on any atom is 0.341 e. The van der Waals surface area contributed by atoms with Gasteiger partial charge in [0, 0.05) is 13.6 Å². The van der Waals surface area contributed by atoms with E-state index in [4.69, 9.17) is 28.8 Å². The maximum atomic E-state index is 14.0. The van der Waals surface area contributed by atoms with E-state index in [-0.39, 0.29) is 11.4 Å². The predicted octanol–water partition coefficient (Wildman–Crippen LogP) is 4.46. The molecule has 2 aliphatic heterocycles. The summed E-state index contributed by atoms with van der Waals surface area (Å²) in [5.74, 6) is 0.286. The fourth-order valence-electron chi connectivity index (χ4n) is 5.85. The van der Waals surface area contributed by atoms with Crippen LogP contribution in [0.3, 0.4) is 0 Å². The quantitative estimate of drug-likeness (QED) is 0.258. The second-order valence-corrected chi connectivity index (χ2v) is 13.3. The Labute approximate surface area is 274 Å². The van der Waals surface area contributed by atoms with Gasteiger partial charge in [0.25, 0.3) is 0 Å². The second-order valence-electron chi connectivity index (χ2n) is 11.4. The maximum absolute atomic E-state index is 14.0. The van der Waals surface area contributed by atoms with E-state index in [0.29, 0.717) is 79.5 Å². The zero-order chi connectivity index (χ0) is 33.6.